The molecular weight excluding hydrogens is 88.1 g/mol. The molecule has 1 aromatic heterocycles. The van der Waals surface area contributed by atoms with E-state index in [0.717, 1.165) is 6.20 Å². The lowest BCUT2D eigenvalue weighted by Crippen LogP contribution is -1.85. The predicted molar refractivity (Wildman–Crippen MR) is 28.6 cm³/mol. The van der Waals surface area contributed by atoms with Gasteiger partial charge in [0.2, 0.25) is 0 Å². The van der Waals surface area contributed by atoms with Crippen LogP contribution in [0.3, 0.4) is 0 Å². The second-order valence-corrected chi connectivity index (χ2v) is 1.04. The first kappa shape index (κ1) is 1.82. The monoisotopic (exact) mass is 97.1 g/mol. The van der Waals surface area contributed by atoms with Crippen molar-refractivity contribution in [3.05, 3.63) is 24.3 Å². The van der Waals surface area contributed by atoms with Crippen LogP contribution in [-0.2, 0) is 0 Å². The SMILES string of the molecule is [2H]c1cnc(N)c([2H])c1[2H]. The van der Waals surface area contributed by atoms with Gasteiger partial charge in [-0.05, 0) is 12.1 Å². The molecule has 7 heavy (non-hydrogen) atoms. The zero-order valence-corrected chi connectivity index (χ0v) is 3.60. The molecule has 0 aromatic carbocycles. The van der Waals surface area contributed by atoms with Gasteiger partial charge in [0.25, 0.3) is 0 Å². The first-order valence-electron chi connectivity index (χ1n) is 3.31. The molecule has 1 rings (SSSR count). The van der Waals surface area contributed by atoms with Crippen molar-refractivity contribution in [2.75, 3.05) is 5.73 Å². The molecule has 0 radical (unpaired) electrons. The summed E-state index contributed by atoms with van der Waals surface area (Å²) in [7, 11) is 0. The maximum Gasteiger partial charge on any atom is 0.123 e. The van der Waals surface area contributed by atoms with E-state index in [1.54, 1.807) is 0 Å². The lowest BCUT2D eigenvalue weighted by molar-refractivity contribution is 1.34. The second kappa shape index (κ2) is 1.60. The Hall–Kier alpha value is -1.05. The van der Waals surface area contributed by atoms with E-state index in [-0.39, 0.29) is 23.9 Å². The van der Waals surface area contributed by atoms with Gasteiger partial charge in [-0.2, -0.15) is 0 Å². The smallest absolute Gasteiger partial charge is 0.123 e. The Morgan fingerprint density at radius 1 is 1.71 bits per heavy atom. The number of aromatic nitrogens is 1. The van der Waals surface area contributed by atoms with E-state index in [1.807, 2.05) is 0 Å². The van der Waals surface area contributed by atoms with Gasteiger partial charge in [-0.3, -0.25) is 0 Å². The zero-order valence-electron chi connectivity index (χ0n) is 6.60. The number of pyridine rings is 1. The average molecular weight is 97.1 g/mol. The molecule has 2 nitrogen and oxygen atoms in total. The van der Waals surface area contributed by atoms with Crippen molar-refractivity contribution in [1.29, 1.82) is 0 Å². The number of hydrogen-bond donors (Lipinski definition) is 1. The van der Waals surface area contributed by atoms with Gasteiger partial charge < -0.3 is 5.73 Å². The number of hydrogen-bond acceptors (Lipinski definition) is 2. The number of nitrogens with two attached hydrogens (primary N) is 1. The Morgan fingerprint density at radius 2 is 2.57 bits per heavy atom. The molecule has 2 N–H and O–H groups in total. The number of nitrogen functional groups attached to an aromatic ring is 1. The van der Waals surface area contributed by atoms with Crippen LogP contribution in [-0.4, -0.2) is 4.98 Å². The van der Waals surface area contributed by atoms with Crippen LogP contribution in [0.25, 0.3) is 0 Å². The van der Waals surface area contributed by atoms with Gasteiger partial charge >= 0.3 is 0 Å². The fraction of sp³-hybridized carbons (Fsp3) is 0. The van der Waals surface area contributed by atoms with E-state index in [0.29, 0.717) is 0 Å². The minimum atomic E-state index is -0.174. The van der Waals surface area contributed by atoms with Gasteiger partial charge in [0.1, 0.15) is 5.82 Å². The normalized spacial score (nSPS) is 14.6. The Balaban J connectivity index is 3.34. The summed E-state index contributed by atoms with van der Waals surface area (Å²) in [4.78, 5) is 3.52. The molecule has 0 fully saturated rings. The summed E-state index contributed by atoms with van der Waals surface area (Å²) in [6.45, 7) is 0. The summed E-state index contributed by atoms with van der Waals surface area (Å²) in [5.41, 5.74) is 5.19. The van der Waals surface area contributed by atoms with E-state index in [2.05, 4.69) is 4.98 Å². The van der Waals surface area contributed by atoms with Crippen LogP contribution in [0.4, 0.5) is 5.82 Å². The molecule has 1 aromatic rings. The van der Waals surface area contributed by atoms with Crippen molar-refractivity contribution in [2.24, 2.45) is 0 Å². The van der Waals surface area contributed by atoms with E-state index >= 15 is 0 Å². The van der Waals surface area contributed by atoms with E-state index in [4.69, 9.17) is 9.85 Å². The van der Waals surface area contributed by atoms with Crippen molar-refractivity contribution in [3.8, 4) is 0 Å². The average Bonchev–Trinajstić information content (AvgIpc) is 1.93. The van der Waals surface area contributed by atoms with Crippen molar-refractivity contribution < 1.29 is 4.11 Å². The highest BCUT2D eigenvalue weighted by Crippen LogP contribution is 1.89. The van der Waals surface area contributed by atoms with Crippen LogP contribution in [0.1, 0.15) is 4.11 Å². The Morgan fingerprint density at radius 3 is 3.29 bits per heavy atom. The van der Waals surface area contributed by atoms with Crippen molar-refractivity contribution in [2.45, 2.75) is 0 Å². The summed E-state index contributed by atoms with van der Waals surface area (Å²) in [6.07, 6.45) is 1.16. The van der Waals surface area contributed by atoms with Gasteiger partial charge in [-0.1, -0.05) is 6.04 Å². The number of nitrogens with zero attached hydrogens (tertiary/aromatic N) is 1. The third kappa shape index (κ3) is 0.892. The van der Waals surface area contributed by atoms with Crippen molar-refractivity contribution in [3.63, 3.8) is 0 Å². The zero-order chi connectivity index (χ0) is 7.72. The molecule has 0 aliphatic rings. The highest BCUT2D eigenvalue weighted by Gasteiger charge is 1.73. The van der Waals surface area contributed by atoms with Gasteiger partial charge in [-0.15, -0.1) is 0 Å². The molecule has 0 amide bonds. The lowest BCUT2D eigenvalue weighted by atomic mass is 10.5. The lowest BCUT2D eigenvalue weighted by Gasteiger charge is -1.82. The van der Waals surface area contributed by atoms with E-state index < -0.39 is 0 Å². The third-order valence-electron chi connectivity index (χ3n) is 0.531. The summed E-state index contributed by atoms with van der Waals surface area (Å²) in [5.74, 6) is 0.000926. The van der Waals surface area contributed by atoms with Gasteiger partial charge in [0, 0.05) is 6.20 Å². The van der Waals surface area contributed by atoms with E-state index in [9.17, 15) is 0 Å². The largest absolute Gasteiger partial charge is 0.384 e. The molecule has 0 aliphatic heterocycles. The summed E-state index contributed by atoms with van der Waals surface area (Å²) in [5, 5.41) is 0. The molecule has 2 heteroatoms. The van der Waals surface area contributed by atoms with Crippen molar-refractivity contribution >= 4 is 5.82 Å². The standard InChI is InChI=1S/C5H6N2/c6-5-3-1-2-4-7-5/h1-4H,(H2,6,7)/i1D,2D,3D. The fourth-order valence-electron chi connectivity index (χ4n) is 0.266. The Labute approximate surface area is 46.2 Å². The minimum absolute atomic E-state index is 0.000926. The summed E-state index contributed by atoms with van der Waals surface area (Å²) < 4.78 is 21.2. The first-order valence-corrected chi connectivity index (χ1v) is 1.81. The van der Waals surface area contributed by atoms with Gasteiger partial charge in [0.05, 0.1) is 4.11 Å². The molecule has 0 spiro atoms. The molecule has 1 heterocycles. The topological polar surface area (TPSA) is 38.9 Å². The molecule has 0 aliphatic carbocycles. The maximum absolute atomic E-state index is 7.09. The molecule has 0 bridgehead atoms. The van der Waals surface area contributed by atoms with Crippen LogP contribution in [0, 0.1) is 0 Å². The number of rotatable bonds is 0. The summed E-state index contributed by atoms with van der Waals surface area (Å²) >= 11 is 0. The summed E-state index contributed by atoms with van der Waals surface area (Å²) in [6, 6.07) is -0.417. The van der Waals surface area contributed by atoms with Crippen LogP contribution >= 0.6 is 0 Å². The van der Waals surface area contributed by atoms with E-state index in [1.165, 1.54) is 0 Å². The maximum atomic E-state index is 7.09. The van der Waals surface area contributed by atoms with Gasteiger partial charge in [-0.25, -0.2) is 4.98 Å². The second-order valence-electron chi connectivity index (χ2n) is 1.04. The highest BCUT2D eigenvalue weighted by molar-refractivity contribution is 5.25. The third-order valence-corrected chi connectivity index (χ3v) is 0.531. The molecule has 0 atom stereocenters. The predicted octanol–water partition coefficient (Wildman–Crippen LogP) is 0.664. The molecule has 0 saturated carbocycles. The molecule has 36 valence electrons. The van der Waals surface area contributed by atoms with Crippen LogP contribution in [0.5, 0.6) is 0 Å². The molecular formula is C5H6N2. The highest BCUT2D eigenvalue weighted by atomic mass is 14.8. The minimum Gasteiger partial charge on any atom is -0.384 e. The number of anilines is 1. The first-order chi connectivity index (χ1) is 4.63. The van der Waals surface area contributed by atoms with Crippen LogP contribution < -0.4 is 5.73 Å². The Bertz CT molecular complexity index is 234. The van der Waals surface area contributed by atoms with Crippen LogP contribution in [0.15, 0.2) is 24.3 Å². The Kier molecular flexibility index (Phi) is 0.416. The fourth-order valence-corrected chi connectivity index (χ4v) is 0.266. The van der Waals surface area contributed by atoms with Crippen molar-refractivity contribution in [1.82, 2.24) is 4.98 Å². The van der Waals surface area contributed by atoms with Crippen LogP contribution in [0.2, 0.25) is 0 Å². The molecule has 0 unspecified atom stereocenters. The molecule has 0 saturated heterocycles. The quantitative estimate of drug-likeness (QED) is 0.516. The van der Waals surface area contributed by atoms with Gasteiger partial charge in [0.15, 0.2) is 0 Å².